The van der Waals surface area contributed by atoms with E-state index < -0.39 is 10.0 Å². The van der Waals surface area contributed by atoms with E-state index >= 15 is 0 Å². The van der Waals surface area contributed by atoms with Crippen molar-refractivity contribution >= 4 is 10.0 Å². The first-order valence-electron chi connectivity index (χ1n) is 6.75. The first-order chi connectivity index (χ1) is 8.48. The molecule has 0 spiro atoms. The molecule has 2 heterocycles. The quantitative estimate of drug-likeness (QED) is 0.817. The van der Waals surface area contributed by atoms with E-state index in [1.165, 1.54) is 0 Å². The van der Waals surface area contributed by atoms with Gasteiger partial charge >= 0.3 is 0 Å². The van der Waals surface area contributed by atoms with E-state index in [0.29, 0.717) is 45.7 Å². The van der Waals surface area contributed by atoms with Crippen LogP contribution in [0.25, 0.3) is 0 Å². The minimum Gasteiger partial charge on any atom is -0.381 e. The van der Waals surface area contributed by atoms with Crippen LogP contribution in [0.15, 0.2) is 0 Å². The number of ether oxygens (including phenoxy) is 1. The van der Waals surface area contributed by atoms with Crippen molar-refractivity contribution in [2.75, 3.05) is 32.8 Å². The molecule has 106 valence electrons. The molecule has 0 aromatic heterocycles. The van der Waals surface area contributed by atoms with Crippen LogP contribution in [-0.4, -0.2) is 50.8 Å². The summed E-state index contributed by atoms with van der Waals surface area (Å²) < 4.78 is 31.9. The summed E-state index contributed by atoms with van der Waals surface area (Å²) in [5.41, 5.74) is 5.86. The Labute approximate surface area is 110 Å². The molecule has 6 heteroatoms. The van der Waals surface area contributed by atoms with E-state index in [1.807, 2.05) is 0 Å². The van der Waals surface area contributed by atoms with Gasteiger partial charge in [-0.3, -0.25) is 0 Å². The van der Waals surface area contributed by atoms with Crippen molar-refractivity contribution < 1.29 is 13.2 Å². The molecule has 0 atom stereocenters. The van der Waals surface area contributed by atoms with Gasteiger partial charge in [-0.15, -0.1) is 0 Å². The van der Waals surface area contributed by atoms with E-state index in [1.54, 1.807) is 4.31 Å². The van der Waals surface area contributed by atoms with Gasteiger partial charge in [-0.05, 0) is 37.6 Å². The molecule has 2 fully saturated rings. The highest BCUT2D eigenvalue weighted by Gasteiger charge is 2.38. The van der Waals surface area contributed by atoms with E-state index in [4.69, 9.17) is 10.5 Å². The van der Waals surface area contributed by atoms with Gasteiger partial charge in [-0.25, -0.2) is 12.7 Å². The van der Waals surface area contributed by atoms with E-state index in [-0.39, 0.29) is 10.7 Å². The maximum absolute atomic E-state index is 12.5. The summed E-state index contributed by atoms with van der Waals surface area (Å²) in [5.74, 6) is 0. The molecule has 0 unspecified atom stereocenters. The highest BCUT2D eigenvalue weighted by atomic mass is 32.2. The first kappa shape index (κ1) is 14.2. The summed E-state index contributed by atoms with van der Waals surface area (Å²) in [5, 5.41) is -0.242. The van der Waals surface area contributed by atoms with Crippen molar-refractivity contribution in [2.45, 2.75) is 37.9 Å². The van der Waals surface area contributed by atoms with Crippen LogP contribution >= 0.6 is 0 Å². The van der Waals surface area contributed by atoms with Gasteiger partial charge < -0.3 is 10.5 Å². The Kier molecular flexibility index (Phi) is 4.31. The summed E-state index contributed by atoms with van der Waals surface area (Å²) in [4.78, 5) is 0. The number of nitrogens with zero attached hydrogens (tertiary/aromatic N) is 1. The third-order valence-corrected chi connectivity index (χ3v) is 6.77. The SMILES string of the molecule is CC1(CN)CCN(S(=O)(=O)C2CCOCC2)CC1. The molecule has 0 radical (unpaired) electrons. The van der Waals surface area contributed by atoms with Gasteiger partial charge in [-0.1, -0.05) is 6.92 Å². The van der Waals surface area contributed by atoms with Crippen molar-refractivity contribution in [3.8, 4) is 0 Å². The number of nitrogens with two attached hydrogens (primary N) is 1. The molecule has 18 heavy (non-hydrogen) atoms. The maximum Gasteiger partial charge on any atom is 0.217 e. The molecule has 0 bridgehead atoms. The molecule has 0 saturated carbocycles. The predicted octanol–water partition coefficient (Wildman–Crippen LogP) is 0.556. The fourth-order valence-corrected chi connectivity index (χ4v) is 4.57. The Morgan fingerprint density at radius 3 is 2.33 bits per heavy atom. The minimum absolute atomic E-state index is 0.113. The molecule has 0 aliphatic carbocycles. The topological polar surface area (TPSA) is 72.6 Å². The second-order valence-electron chi connectivity index (χ2n) is 5.77. The van der Waals surface area contributed by atoms with Crippen LogP contribution in [0.1, 0.15) is 32.6 Å². The summed E-state index contributed by atoms with van der Waals surface area (Å²) in [6.45, 7) is 5.15. The van der Waals surface area contributed by atoms with Crippen LogP contribution < -0.4 is 5.73 Å². The maximum atomic E-state index is 12.5. The number of piperidine rings is 1. The highest BCUT2D eigenvalue weighted by molar-refractivity contribution is 7.89. The lowest BCUT2D eigenvalue weighted by Crippen LogP contribution is -2.48. The first-order valence-corrected chi connectivity index (χ1v) is 8.25. The van der Waals surface area contributed by atoms with Crippen LogP contribution in [0.5, 0.6) is 0 Å². The summed E-state index contributed by atoms with van der Waals surface area (Å²) >= 11 is 0. The lowest BCUT2D eigenvalue weighted by Gasteiger charge is -2.39. The van der Waals surface area contributed by atoms with Gasteiger partial charge in [0.25, 0.3) is 0 Å². The van der Waals surface area contributed by atoms with E-state index in [9.17, 15) is 8.42 Å². The second kappa shape index (κ2) is 5.45. The molecule has 0 aromatic carbocycles. The Morgan fingerprint density at radius 1 is 1.28 bits per heavy atom. The lowest BCUT2D eigenvalue weighted by atomic mass is 9.81. The van der Waals surface area contributed by atoms with Gasteiger partial charge in [-0.2, -0.15) is 0 Å². The van der Waals surface area contributed by atoms with Crippen molar-refractivity contribution in [1.82, 2.24) is 4.31 Å². The summed E-state index contributed by atoms with van der Waals surface area (Å²) in [6.07, 6.45) is 3.00. The van der Waals surface area contributed by atoms with Crippen LogP contribution in [0, 0.1) is 5.41 Å². The molecule has 0 aromatic rings. The minimum atomic E-state index is -3.13. The van der Waals surface area contributed by atoms with Gasteiger partial charge in [0.15, 0.2) is 0 Å². The van der Waals surface area contributed by atoms with E-state index in [2.05, 4.69) is 6.92 Å². The van der Waals surface area contributed by atoms with Gasteiger partial charge in [0.05, 0.1) is 5.25 Å². The smallest absolute Gasteiger partial charge is 0.217 e. The fraction of sp³-hybridized carbons (Fsp3) is 1.00. The Hall–Kier alpha value is -0.170. The monoisotopic (exact) mass is 276 g/mol. The second-order valence-corrected chi connectivity index (χ2v) is 7.98. The summed E-state index contributed by atoms with van der Waals surface area (Å²) in [7, 11) is -3.13. The summed E-state index contributed by atoms with van der Waals surface area (Å²) in [6, 6.07) is 0. The third kappa shape index (κ3) is 2.87. The van der Waals surface area contributed by atoms with Crippen LogP contribution in [0.2, 0.25) is 0 Å². The predicted molar refractivity (Wildman–Crippen MR) is 70.7 cm³/mol. The number of hydrogen-bond acceptors (Lipinski definition) is 4. The van der Waals surface area contributed by atoms with E-state index in [0.717, 1.165) is 12.8 Å². The molecule has 2 N–H and O–H groups in total. The number of rotatable bonds is 3. The molecular formula is C12H24N2O3S. The zero-order chi connectivity index (χ0) is 13.2. The van der Waals surface area contributed by atoms with Crippen molar-refractivity contribution in [3.05, 3.63) is 0 Å². The zero-order valence-electron chi connectivity index (χ0n) is 11.1. The van der Waals surface area contributed by atoms with Gasteiger partial charge in [0.1, 0.15) is 0 Å². The lowest BCUT2D eigenvalue weighted by molar-refractivity contribution is 0.0960. The fourth-order valence-electron chi connectivity index (χ4n) is 2.67. The molecule has 2 saturated heterocycles. The van der Waals surface area contributed by atoms with Gasteiger partial charge in [0.2, 0.25) is 10.0 Å². The third-order valence-electron chi connectivity index (χ3n) is 4.37. The van der Waals surface area contributed by atoms with Crippen LogP contribution in [-0.2, 0) is 14.8 Å². The number of hydrogen-bond donors (Lipinski definition) is 1. The van der Waals surface area contributed by atoms with Crippen molar-refractivity contribution in [2.24, 2.45) is 11.1 Å². The molecule has 0 amide bonds. The zero-order valence-corrected chi connectivity index (χ0v) is 11.9. The highest BCUT2D eigenvalue weighted by Crippen LogP contribution is 2.32. The average molecular weight is 276 g/mol. The largest absolute Gasteiger partial charge is 0.381 e. The van der Waals surface area contributed by atoms with Crippen LogP contribution in [0.3, 0.4) is 0 Å². The average Bonchev–Trinajstić information content (AvgIpc) is 2.40. The standard InChI is InChI=1S/C12H24N2O3S/c1-12(10-13)4-6-14(7-5-12)18(15,16)11-2-8-17-9-3-11/h11H,2-10,13H2,1H3. The van der Waals surface area contributed by atoms with Crippen molar-refractivity contribution in [3.63, 3.8) is 0 Å². The molecule has 5 nitrogen and oxygen atoms in total. The Morgan fingerprint density at radius 2 is 1.83 bits per heavy atom. The molecule has 2 rings (SSSR count). The molecular weight excluding hydrogens is 252 g/mol. The number of sulfonamides is 1. The van der Waals surface area contributed by atoms with Crippen molar-refractivity contribution in [1.29, 1.82) is 0 Å². The molecule has 2 aliphatic heterocycles. The normalized spacial score (nSPS) is 27.2. The van der Waals surface area contributed by atoms with Gasteiger partial charge in [0, 0.05) is 26.3 Å². The Bertz CT molecular complexity index is 369. The molecule has 2 aliphatic rings. The Balaban J connectivity index is 1.99. The van der Waals surface area contributed by atoms with Crippen LogP contribution in [0.4, 0.5) is 0 Å².